The maximum absolute atomic E-state index is 12.9. The van der Waals surface area contributed by atoms with Crippen LogP contribution in [0.4, 0.5) is 0 Å². The SMILES string of the molecule is C[C@@H](Oc1cccc2c1CCCC2)C(=O)N[C@H]1CC(C)(C)Oc2ccccc21. The number of ether oxygens (including phenoxy) is 2. The molecule has 0 saturated carbocycles. The van der Waals surface area contributed by atoms with Crippen molar-refractivity contribution in [2.75, 3.05) is 0 Å². The van der Waals surface area contributed by atoms with Gasteiger partial charge in [0.15, 0.2) is 6.10 Å². The van der Waals surface area contributed by atoms with E-state index in [-0.39, 0.29) is 17.6 Å². The molecular formula is C24H29NO3. The predicted molar refractivity (Wildman–Crippen MR) is 110 cm³/mol. The lowest BCUT2D eigenvalue weighted by atomic mass is 9.89. The molecule has 1 heterocycles. The highest BCUT2D eigenvalue weighted by Gasteiger charge is 2.35. The summed E-state index contributed by atoms with van der Waals surface area (Å²) < 4.78 is 12.2. The number of carbonyl (C=O) groups excluding carboxylic acids is 1. The quantitative estimate of drug-likeness (QED) is 0.834. The van der Waals surface area contributed by atoms with Crippen molar-refractivity contribution in [3.63, 3.8) is 0 Å². The molecule has 1 N–H and O–H groups in total. The van der Waals surface area contributed by atoms with Crippen molar-refractivity contribution in [2.45, 2.75) is 70.6 Å². The molecule has 4 heteroatoms. The monoisotopic (exact) mass is 379 g/mol. The molecule has 4 rings (SSSR count). The number of benzene rings is 2. The van der Waals surface area contributed by atoms with Crippen LogP contribution < -0.4 is 14.8 Å². The van der Waals surface area contributed by atoms with Gasteiger partial charge in [-0.15, -0.1) is 0 Å². The average molecular weight is 380 g/mol. The van der Waals surface area contributed by atoms with Crippen LogP contribution in [0.25, 0.3) is 0 Å². The van der Waals surface area contributed by atoms with Crippen LogP contribution in [0.2, 0.25) is 0 Å². The Bertz CT molecular complexity index is 874. The van der Waals surface area contributed by atoms with Crippen LogP contribution in [0.15, 0.2) is 42.5 Å². The highest BCUT2D eigenvalue weighted by Crippen LogP contribution is 2.39. The van der Waals surface area contributed by atoms with E-state index in [1.54, 1.807) is 0 Å². The predicted octanol–water partition coefficient (Wildman–Crippen LogP) is 4.75. The van der Waals surface area contributed by atoms with Crippen molar-refractivity contribution >= 4 is 5.91 Å². The number of hydrogen-bond acceptors (Lipinski definition) is 3. The largest absolute Gasteiger partial charge is 0.487 e. The van der Waals surface area contributed by atoms with E-state index >= 15 is 0 Å². The minimum absolute atomic E-state index is 0.0804. The summed E-state index contributed by atoms with van der Waals surface area (Å²) in [5.41, 5.74) is 3.33. The first-order valence-electron chi connectivity index (χ1n) is 10.3. The minimum Gasteiger partial charge on any atom is -0.487 e. The second-order valence-electron chi connectivity index (χ2n) is 8.53. The van der Waals surface area contributed by atoms with E-state index in [0.29, 0.717) is 0 Å². The van der Waals surface area contributed by atoms with Crippen molar-refractivity contribution in [2.24, 2.45) is 0 Å². The number of carbonyl (C=O) groups is 1. The van der Waals surface area contributed by atoms with Crippen molar-refractivity contribution in [3.05, 3.63) is 59.2 Å². The average Bonchev–Trinajstić information content (AvgIpc) is 2.67. The van der Waals surface area contributed by atoms with Gasteiger partial charge in [-0.3, -0.25) is 4.79 Å². The van der Waals surface area contributed by atoms with Gasteiger partial charge in [0, 0.05) is 12.0 Å². The van der Waals surface area contributed by atoms with Gasteiger partial charge in [-0.2, -0.15) is 0 Å². The lowest BCUT2D eigenvalue weighted by Gasteiger charge is -2.38. The van der Waals surface area contributed by atoms with Crippen LogP contribution in [-0.2, 0) is 17.6 Å². The van der Waals surface area contributed by atoms with Gasteiger partial charge >= 0.3 is 0 Å². The molecule has 1 amide bonds. The van der Waals surface area contributed by atoms with E-state index in [9.17, 15) is 4.79 Å². The molecule has 0 unspecified atom stereocenters. The summed E-state index contributed by atoms with van der Waals surface area (Å²) in [6, 6.07) is 14.0. The molecule has 4 nitrogen and oxygen atoms in total. The second-order valence-corrected chi connectivity index (χ2v) is 8.53. The van der Waals surface area contributed by atoms with E-state index in [4.69, 9.17) is 9.47 Å². The summed E-state index contributed by atoms with van der Waals surface area (Å²) in [4.78, 5) is 12.9. The lowest BCUT2D eigenvalue weighted by Crippen LogP contribution is -2.44. The molecular weight excluding hydrogens is 350 g/mol. The molecule has 2 atom stereocenters. The van der Waals surface area contributed by atoms with Crippen LogP contribution in [0, 0.1) is 0 Å². The van der Waals surface area contributed by atoms with E-state index < -0.39 is 6.10 Å². The van der Waals surface area contributed by atoms with Gasteiger partial charge in [0.25, 0.3) is 5.91 Å². The van der Waals surface area contributed by atoms with E-state index in [1.165, 1.54) is 24.0 Å². The molecule has 148 valence electrons. The number of aryl methyl sites for hydroxylation is 1. The first-order valence-corrected chi connectivity index (χ1v) is 10.3. The Morgan fingerprint density at radius 3 is 2.79 bits per heavy atom. The first-order chi connectivity index (χ1) is 13.4. The molecule has 0 spiro atoms. The van der Waals surface area contributed by atoms with Crippen molar-refractivity contribution in [1.82, 2.24) is 5.32 Å². The maximum atomic E-state index is 12.9. The highest BCUT2D eigenvalue weighted by atomic mass is 16.5. The van der Waals surface area contributed by atoms with Gasteiger partial charge in [-0.1, -0.05) is 30.3 Å². The standard InChI is InChI=1S/C24H29NO3/c1-16(27-21-14-8-10-17-9-4-5-11-18(17)21)23(26)25-20-15-24(2,3)28-22-13-7-6-12-19(20)22/h6-8,10,12-14,16,20H,4-5,9,11,15H2,1-3H3,(H,25,26)/t16-,20+/m1/s1. The molecule has 0 radical (unpaired) electrons. The summed E-state index contributed by atoms with van der Waals surface area (Å²) in [5, 5.41) is 3.19. The van der Waals surface area contributed by atoms with Crippen LogP contribution in [0.5, 0.6) is 11.5 Å². The van der Waals surface area contributed by atoms with Crippen molar-refractivity contribution in [1.29, 1.82) is 0 Å². The number of amides is 1. The molecule has 0 fully saturated rings. The van der Waals surface area contributed by atoms with Gasteiger partial charge in [0.05, 0.1) is 6.04 Å². The van der Waals surface area contributed by atoms with Gasteiger partial charge in [-0.25, -0.2) is 0 Å². The van der Waals surface area contributed by atoms with E-state index in [2.05, 4.69) is 25.2 Å². The second kappa shape index (κ2) is 7.50. The lowest BCUT2D eigenvalue weighted by molar-refractivity contribution is -0.128. The zero-order valence-electron chi connectivity index (χ0n) is 17.0. The Labute approximate surface area is 167 Å². The van der Waals surface area contributed by atoms with Crippen LogP contribution >= 0.6 is 0 Å². The fourth-order valence-electron chi connectivity index (χ4n) is 4.32. The van der Waals surface area contributed by atoms with Crippen LogP contribution in [0.1, 0.15) is 62.8 Å². The topological polar surface area (TPSA) is 47.6 Å². The van der Waals surface area contributed by atoms with Gasteiger partial charge in [0.1, 0.15) is 17.1 Å². The summed E-state index contributed by atoms with van der Waals surface area (Å²) in [6.45, 7) is 5.94. The summed E-state index contributed by atoms with van der Waals surface area (Å²) in [5.74, 6) is 1.60. The Morgan fingerprint density at radius 2 is 1.93 bits per heavy atom. The number of rotatable bonds is 4. The molecule has 2 aliphatic rings. The van der Waals surface area contributed by atoms with Crippen molar-refractivity contribution in [3.8, 4) is 11.5 Å². The molecule has 1 aliphatic heterocycles. The van der Waals surface area contributed by atoms with Gasteiger partial charge in [-0.05, 0) is 69.7 Å². The molecule has 0 saturated heterocycles. The number of fused-ring (bicyclic) bond motifs is 2. The zero-order valence-corrected chi connectivity index (χ0v) is 17.0. The summed E-state index contributed by atoms with van der Waals surface area (Å²) in [7, 11) is 0. The molecule has 1 aliphatic carbocycles. The molecule has 2 aromatic carbocycles. The third-order valence-electron chi connectivity index (χ3n) is 5.72. The highest BCUT2D eigenvalue weighted by molar-refractivity contribution is 5.81. The molecule has 28 heavy (non-hydrogen) atoms. The molecule has 0 bridgehead atoms. The third-order valence-corrected chi connectivity index (χ3v) is 5.72. The van der Waals surface area contributed by atoms with Crippen molar-refractivity contribution < 1.29 is 14.3 Å². The van der Waals surface area contributed by atoms with Gasteiger partial charge < -0.3 is 14.8 Å². The third kappa shape index (κ3) is 3.87. The first kappa shape index (κ1) is 18.9. The van der Waals surface area contributed by atoms with E-state index in [1.807, 2.05) is 43.3 Å². The number of para-hydroxylation sites is 1. The Balaban J connectivity index is 1.48. The fraction of sp³-hybridized carbons (Fsp3) is 0.458. The number of nitrogens with one attached hydrogen (secondary N) is 1. The minimum atomic E-state index is -0.549. The Kier molecular flexibility index (Phi) is 5.05. The number of hydrogen-bond donors (Lipinski definition) is 1. The summed E-state index contributed by atoms with van der Waals surface area (Å²) >= 11 is 0. The van der Waals surface area contributed by atoms with Crippen LogP contribution in [0.3, 0.4) is 0 Å². The van der Waals surface area contributed by atoms with Crippen LogP contribution in [-0.4, -0.2) is 17.6 Å². The van der Waals surface area contributed by atoms with Gasteiger partial charge in [0.2, 0.25) is 0 Å². The smallest absolute Gasteiger partial charge is 0.261 e. The van der Waals surface area contributed by atoms with E-state index in [0.717, 1.165) is 36.3 Å². The Hall–Kier alpha value is -2.49. The summed E-state index contributed by atoms with van der Waals surface area (Å²) in [6.07, 6.45) is 4.71. The fourth-order valence-corrected chi connectivity index (χ4v) is 4.32. The Morgan fingerprint density at radius 1 is 1.14 bits per heavy atom. The zero-order chi connectivity index (χ0) is 19.7. The molecule has 2 aromatic rings. The maximum Gasteiger partial charge on any atom is 0.261 e. The normalized spacial score (nSPS) is 20.9. The molecule has 0 aromatic heterocycles.